The van der Waals surface area contributed by atoms with Gasteiger partial charge >= 0.3 is 0 Å². The van der Waals surface area contributed by atoms with Crippen molar-refractivity contribution in [2.24, 2.45) is 15.7 Å². The van der Waals surface area contributed by atoms with E-state index in [9.17, 15) is 0 Å². The molecule has 1 saturated heterocycles. The lowest BCUT2D eigenvalue weighted by Gasteiger charge is -2.38. The predicted molar refractivity (Wildman–Crippen MR) is 126 cm³/mol. The molecule has 0 aromatic carbocycles. The van der Waals surface area contributed by atoms with Gasteiger partial charge in [0.05, 0.1) is 23.8 Å². The first kappa shape index (κ1) is 19.8. The summed E-state index contributed by atoms with van der Waals surface area (Å²) in [4.78, 5) is 16.7. The van der Waals surface area contributed by atoms with Crippen molar-refractivity contribution in [2.75, 3.05) is 32.7 Å². The van der Waals surface area contributed by atoms with Gasteiger partial charge in [-0.1, -0.05) is 13.0 Å². The Labute approximate surface area is 183 Å². The summed E-state index contributed by atoms with van der Waals surface area (Å²) in [5.74, 6) is 1.86. The highest BCUT2D eigenvalue weighted by Crippen LogP contribution is 2.36. The fourth-order valence-electron chi connectivity index (χ4n) is 4.38. The van der Waals surface area contributed by atoms with Crippen LogP contribution in [0, 0.1) is 5.41 Å². The molecule has 3 N–H and O–H groups in total. The molecule has 1 saturated carbocycles. The van der Waals surface area contributed by atoms with Gasteiger partial charge in [0, 0.05) is 49.2 Å². The van der Waals surface area contributed by atoms with Crippen LogP contribution < -0.4 is 5.73 Å². The van der Waals surface area contributed by atoms with Crippen LogP contribution in [0.15, 0.2) is 80.6 Å². The SMILES string of the molecule is CCN1CCN(C2=CN3C(=NC(C4=C/C(=C/N)C(=N)C=C4)=CC3=C3CCC3)C=N2)CC1. The number of piperazine rings is 1. The number of hydrogen-bond acceptors (Lipinski definition) is 7. The molecule has 0 atom stereocenters. The molecule has 0 spiro atoms. The lowest BCUT2D eigenvalue weighted by Crippen LogP contribution is -2.46. The molecular formula is C24H29N7. The van der Waals surface area contributed by atoms with Crippen LogP contribution in [0.1, 0.15) is 26.2 Å². The molecule has 3 aliphatic heterocycles. The Morgan fingerprint density at radius 3 is 2.61 bits per heavy atom. The smallest absolute Gasteiger partial charge is 0.156 e. The van der Waals surface area contributed by atoms with Gasteiger partial charge < -0.3 is 20.9 Å². The molecule has 0 aromatic heterocycles. The Bertz CT molecular complexity index is 1030. The van der Waals surface area contributed by atoms with Crippen molar-refractivity contribution in [2.45, 2.75) is 26.2 Å². The number of rotatable bonds is 3. The molecule has 0 unspecified atom stereocenters. The summed E-state index contributed by atoms with van der Waals surface area (Å²) in [5, 5.41) is 8.00. The second kappa shape index (κ2) is 8.15. The highest BCUT2D eigenvalue weighted by Gasteiger charge is 2.29. The van der Waals surface area contributed by atoms with Gasteiger partial charge in [-0.2, -0.15) is 0 Å². The highest BCUT2D eigenvalue weighted by atomic mass is 15.3. The summed E-state index contributed by atoms with van der Waals surface area (Å²) in [6.07, 6.45) is 16.9. The number of nitrogens with one attached hydrogen (secondary N) is 1. The highest BCUT2D eigenvalue weighted by molar-refractivity contribution is 6.31. The number of hydrogen-bond donors (Lipinski definition) is 2. The van der Waals surface area contributed by atoms with Gasteiger partial charge in [-0.25, -0.2) is 9.98 Å². The van der Waals surface area contributed by atoms with Crippen LogP contribution >= 0.6 is 0 Å². The topological polar surface area (TPSA) is 84.3 Å². The van der Waals surface area contributed by atoms with E-state index in [-0.39, 0.29) is 0 Å². The Morgan fingerprint density at radius 2 is 1.94 bits per heavy atom. The van der Waals surface area contributed by atoms with Gasteiger partial charge in [0.2, 0.25) is 0 Å². The lowest BCUT2D eigenvalue weighted by atomic mass is 9.88. The number of amidine groups is 1. The number of fused-ring (bicyclic) bond motifs is 1. The Balaban J connectivity index is 1.46. The quantitative estimate of drug-likeness (QED) is 0.742. The summed E-state index contributed by atoms with van der Waals surface area (Å²) in [5.41, 5.74) is 11.4. The molecule has 3 heterocycles. The van der Waals surface area contributed by atoms with Gasteiger partial charge in [0.15, 0.2) is 5.84 Å². The van der Waals surface area contributed by atoms with Crippen LogP contribution in [0.25, 0.3) is 0 Å². The molecular weight excluding hydrogens is 386 g/mol. The Kier molecular flexibility index (Phi) is 5.19. The zero-order valence-corrected chi connectivity index (χ0v) is 18.0. The first-order valence-corrected chi connectivity index (χ1v) is 11.1. The molecule has 0 amide bonds. The monoisotopic (exact) mass is 415 g/mol. The fourth-order valence-corrected chi connectivity index (χ4v) is 4.38. The molecule has 160 valence electrons. The number of allylic oxidation sites excluding steroid dienone is 6. The van der Waals surface area contributed by atoms with Crippen molar-refractivity contribution in [3.8, 4) is 0 Å². The second-order valence-electron chi connectivity index (χ2n) is 8.35. The third kappa shape index (κ3) is 3.70. The number of nitrogens with zero attached hydrogens (tertiary/aromatic N) is 5. The van der Waals surface area contributed by atoms with Gasteiger partial charge in [0.1, 0.15) is 5.82 Å². The molecule has 5 rings (SSSR count). The summed E-state index contributed by atoms with van der Waals surface area (Å²) >= 11 is 0. The predicted octanol–water partition coefficient (Wildman–Crippen LogP) is 2.90. The maximum absolute atomic E-state index is 8.00. The number of nitrogens with two attached hydrogens (primary N) is 1. The minimum Gasteiger partial charge on any atom is -0.404 e. The van der Waals surface area contributed by atoms with E-state index in [1.807, 2.05) is 18.4 Å². The van der Waals surface area contributed by atoms with E-state index in [1.54, 1.807) is 6.08 Å². The maximum Gasteiger partial charge on any atom is 0.156 e. The van der Waals surface area contributed by atoms with Crippen LogP contribution in [0.2, 0.25) is 0 Å². The van der Waals surface area contributed by atoms with E-state index in [0.717, 1.165) is 68.5 Å². The van der Waals surface area contributed by atoms with Crippen LogP contribution in [0.5, 0.6) is 0 Å². The molecule has 31 heavy (non-hydrogen) atoms. The molecule has 7 nitrogen and oxygen atoms in total. The normalized spacial score (nSPS) is 25.2. The van der Waals surface area contributed by atoms with E-state index in [0.29, 0.717) is 11.3 Å². The van der Waals surface area contributed by atoms with E-state index in [1.165, 1.54) is 23.9 Å². The summed E-state index contributed by atoms with van der Waals surface area (Å²) in [7, 11) is 0. The van der Waals surface area contributed by atoms with Crippen molar-refractivity contribution >= 4 is 17.8 Å². The molecule has 0 bridgehead atoms. The van der Waals surface area contributed by atoms with E-state index in [4.69, 9.17) is 21.1 Å². The van der Waals surface area contributed by atoms with Crippen molar-refractivity contribution in [1.82, 2.24) is 14.7 Å². The first-order chi connectivity index (χ1) is 15.2. The summed E-state index contributed by atoms with van der Waals surface area (Å²) < 4.78 is 0. The largest absolute Gasteiger partial charge is 0.404 e. The van der Waals surface area contributed by atoms with Crippen molar-refractivity contribution in [1.29, 1.82) is 5.41 Å². The third-order valence-electron chi connectivity index (χ3n) is 6.56. The van der Waals surface area contributed by atoms with Gasteiger partial charge in [-0.15, -0.1) is 0 Å². The van der Waals surface area contributed by atoms with Crippen molar-refractivity contribution in [3.05, 3.63) is 70.6 Å². The Hall–Kier alpha value is -3.19. The number of likely N-dealkylation sites (N-methyl/N-ethyl adjacent to an activating group) is 1. The average molecular weight is 416 g/mol. The van der Waals surface area contributed by atoms with Crippen molar-refractivity contribution in [3.63, 3.8) is 0 Å². The van der Waals surface area contributed by atoms with Gasteiger partial charge in [0.25, 0.3) is 0 Å². The van der Waals surface area contributed by atoms with Crippen LogP contribution in [0.4, 0.5) is 0 Å². The average Bonchev–Trinajstić information content (AvgIpc) is 2.78. The molecule has 0 radical (unpaired) electrons. The van der Waals surface area contributed by atoms with E-state index < -0.39 is 0 Å². The molecule has 2 fully saturated rings. The Morgan fingerprint density at radius 1 is 1.13 bits per heavy atom. The summed E-state index contributed by atoms with van der Waals surface area (Å²) in [6, 6.07) is 0. The van der Waals surface area contributed by atoms with Crippen LogP contribution in [-0.2, 0) is 0 Å². The van der Waals surface area contributed by atoms with Gasteiger partial charge in [-0.05, 0) is 49.6 Å². The lowest BCUT2D eigenvalue weighted by molar-refractivity contribution is 0.163. The molecule has 7 heteroatoms. The van der Waals surface area contributed by atoms with Crippen LogP contribution in [-0.4, -0.2) is 65.2 Å². The van der Waals surface area contributed by atoms with E-state index in [2.05, 4.69) is 33.9 Å². The maximum atomic E-state index is 8.00. The zero-order chi connectivity index (χ0) is 21.4. The molecule has 5 aliphatic rings. The third-order valence-corrected chi connectivity index (χ3v) is 6.56. The zero-order valence-electron chi connectivity index (χ0n) is 18.0. The fraction of sp³-hybridized carbons (Fsp3) is 0.375. The standard InChI is InChI=1S/C24H29N7/c1-2-29-8-10-30(11-9-29)24-16-31-22(17-4-3-5-17)13-21(28-23(31)15-27-24)18-6-7-20(26)19(12-18)14-25/h6-7,12-16,26H,2-5,8-11,25H2,1H3/b19-14-,26-20?. The summed E-state index contributed by atoms with van der Waals surface area (Å²) in [6.45, 7) is 7.49. The number of aliphatic imine (C=N–C) groups is 2. The first-order valence-electron chi connectivity index (χ1n) is 11.1. The van der Waals surface area contributed by atoms with Gasteiger partial charge in [-0.3, -0.25) is 4.90 Å². The molecule has 2 aliphatic carbocycles. The van der Waals surface area contributed by atoms with E-state index >= 15 is 0 Å². The van der Waals surface area contributed by atoms with Crippen LogP contribution in [0.3, 0.4) is 0 Å². The van der Waals surface area contributed by atoms with Crippen molar-refractivity contribution < 1.29 is 0 Å². The molecule has 0 aromatic rings. The second-order valence-corrected chi connectivity index (χ2v) is 8.35. The minimum absolute atomic E-state index is 0.421. The minimum atomic E-state index is 0.421.